The van der Waals surface area contributed by atoms with E-state index in [0.29, 0.717) is 11.8 Å². The third-order valence-electron chi connectivity index (χ3n) is 3.14. The predicted molar refractivity (Wildman–Crippen MR) is 63.5 cm³/mol. The molecule has 1 aromatic rings. The summed E-state index contributed by atoms with van der Waals surface area (Å²) < 4.78 is 12.9. The van der Waals surface area contributed by atoms with Crippen LogP contribution in [0.3, 0.4) is 0 Å². The zero-order valence-corrected chi connectivity index (χ0v) is 10.1. The van der Waals surface area contributed by atoms with Gasteiger partial charge in [-0.15, -0.1) is 11.6 Å². The molecule has 1 amide bonds. The van der Waals surface area contributed by atoms with Crippen molar-refractivity contribution in [2.24, 2.45) is 5.92 Å². The molecule has 1 N–H and O–H groups in total. The molecule has 0 saturated heterocycles. The highest BCUT2D eigenvalue weighted by molar-refractivity contribution is 6.18. The Balaban J connectivity index is 2.01. The van der Waals surface area contributed by atoms with Gasteiger partial charge in [-0.3, -0.25) is 9.78 Å². The Labute approximate surface area is 104 Å². The molecule has 1 aliphatic rings. The maximum Gasteiger partial charge on any atom is 0.253 e. The van der Waals surface area contributed by atoms with Gasteiger partial charge in [0, 0.05) is 18.1 Å². The number of amides is 1. The van der Waals surface area contributed by atoms with Gasteiger partial charge in [-0.2, -0.15) is 0 Å². The number of rotatable bonds is 3. The number of carbonyl (C=O) groups is 1. The van der Waals surface area contributed by atoms with Crippen LogP contribution >= 0.6 is 11.6 Å². The Morgan fingerprint density at radius 3 is 3.06 bits per heavy atom. The smallest absolute Gasteiger partial charge is 0.253 e. The van der Waals surface area contributed by atoms with Crippen molar-refractivity contribution in [3.8, 4) is 0 Å². The number of nitrogens with one attached hydrogen (secondary N) is 1. The van der Waals surface area contributed by atoms with Crippen LogP contribution in [0.5, 0.6) is 0 Å². The van der Waals surface area contributed by atoms with Crippen LogP contribution in [0.15, 0.2) is 18.5 Å². The largest absolute Gasteiger partial charge is 0.349 e. The van der Waals surface area contributed by atoms with E-state index in [0.717, 1.165) is 25.5 Å². The number of alkyl halides is 1. The molecule has 1 aromatic heterocycles. The summed E-state index contributed by atoms with van der Waals surface area (Å²) in [7, 11) is 0. The Bertz CT molecular complexity index is 413. The molecule has 1 fully saturated rings. The van der Waals surface area contributed by atoms with Gasteiger partial charge in [-0.1, -0.05) is 6.42 Å². The Hall–Kier alpha value is -1.16. The monoisotopic (exact) mass is 256 g/mol. The molecule has 0 aliphatic heterocycles. The minimum atomic E-state index is -0.502. The van der Waals surface area contributed by atoms with Gasteiger partial charge in [-0.05, 0) is 24.8 Å². The molecule has 0 bridgehead atoms. The van der Waals surface area contributed by atoms with E-state index in [-0.39, 0.29) is 17.5 Å². The maximum absolute atomic E-state index is 12.9. The van der Waals surface area contributed by atoms with Crippen LogP contribution in [-0.2, 0) is 0 Å². The zero-order chi connectivity index (χ0) is 12.3. The lowest BCUT2D eigenvalue weighted by Crippen LogP contribution is -2.38. The standard InChI is InChI=1S/C12H14ClFN2O/c13-5-8-2-1-3-11(8)16-12(17)9-4-10(14)7-15-6-9/h4,6-8,11H,1-3,5H2,(H,16,17). The summed E-state index contributed by atoms with van der Waals surface area (Å²) in [5, 5.41) is 2.89. The molecule has 1 aliphatic carbocycles. The van der Waals surface area contributed by atoms with E-state index in [2.05, 4.69) is 10.3 Å². The molecule has 3 nitrogen and oxygen atoms in total. The van der Waals surface area contributed by atoms with Crippen molar-refractivity contribution in [1.29, 1.82) is 0 Å². The molecule has 17 heavy (non-hydrogen) atoms. The fraction of sp³-hybridized carbons (Fsp3) is 0.500. The number of pyridine rings is 1. The lowest BCUT2D eigenvalue weighted by atomic mass is 10.1. The zero-order valence-electron chi connectivity index (χ0n) is 9.33. The van der Waals surface area contributed by atoms with Gasteiger partial charge in [0.2, 0.25) is 0 Å². The third-order valence-corrected chi connectivity index (χ3v) is 3.54. The number of nitrogens with zero attached hydrogens (tertiary/aromatic N) is 1. The third kappa shape index (κ3) is 2.94. The number of carbonyl (C=O) groups excluding carboxylic acids is 1. The van der Waals surface area contributed by atoms with Crippen LogP contribution in [0.4, 0.5) is 4.39 Å². The van der Waals surface area contributed by atoms with Crippen LogP contribution in [-0.4, -0.2) is 22.8 Å². The molecule has 92 valence electrons. The number of halogens is 2. The van der Waals surface area contributed by atoms with E-state index in [4.69, 9.17) is 11.6 Å². The van der Waals surface area contributed by atoms with Crippen molar-refractivity contribution in [2.45, 2.75) is 25.3 Å². The number of aromatic nitrogens is 1. The fourth-order valence-corrected chi connectivity index (χ4v) is 2.57. The first-order chi connectivity index (χ1) is 8.20. The van der Waals surface area contributed by atoms with E-state index in [1.807, 2.05) is 0 Å². The minimum absolute atomic E-state index is 0.100. The molecule has 2 unspecified atom stereocenters. The van der Waals surface area contributed by atoms with Gasteiger partial charge >= 0.3 is 0 Å². The van der Waals surface area contributed by atoms with Gasteiger partial charge in [-0.25, -0.2) is 4.39 Å². The van der Waals surface area contributed by atoms with Crippen molar-refractivity contribution in [3.05, 3.63) is 29.8 Å². The molecule has 0 radical (unpaired) electrons. The van der Waals surface area contributed by atoms with Gasteiger partial charge in [0.1, 0.15) is 5.82 Å². The summed E-state index contributed by atoms with van der Waals surface area (Å²) in [4.78, 5) is 15.5. The molecule has 0 aromatic carbocycles. The van der Waals surface area contributed by atoms with Gasteiger partial charge in [0.25, 0.3) is 5.91 Å². The van der Waals surface area contributed by atoms with Crippen LogP contribution in [0.1, 0.15) is 29.6 Å². The second-order valence-corrected chi connectivity index (χ2v) is 4.63. The maximum atomic E-state index is 12.9. The van der Waals surface area contributed by atoms with Crippen molar-refractivity contribution in [2.75, 3.05) is 5.88 Å². The van der Waals surface area contributed by atoms with Gasteiger partial charge in [0.15, 0.2) is 0 Å². The second-order valence-electron chi connectivity index (χ2n) is 4.32. The van der Waals surface area contributed by atoms with Crippen molar-refractivity contribution in [1.82, 2.24) is 10.3 Å². The molecule has 2 rings (SSSR count). The highest BCUT2D eigenvalue weighted by Crippen LogP contribution is 2.26. The van der Waals surface area contributed by atoms with E-state index in [9.17, 15) is 9.18 Å². The first kappa shape index (κ1) is 12.3. The summed E-state index contributed by atoms with van der Waals surface area (Å²) >= 11 is 5.83. The Morgan fingerprint density at radius 1 is 1.53 bits per heavy atom. The number of hydrogen-bond acceptors (Lipinski definition) is 2. The topological polar surface area (TPSA) is 42.0 Å². The van der Waals surface area contributed by atoms with Gasteiger partial charge in [0.05, 0.1) is 11.8 Å². The van der Waals surface area contributed by atoms with Crippen molar-refractivity contribution in [3.63, 3.8) is 0 Å². The van der Waals surface area contributed by atoms with E-state index in [1.165, 1.54) is 12.3 Å². The normalized spacial score (nSPS) is 23.6. The average Bonchev–Trinajstić information content (AvgIpc) is 2.76. The number of hydrogen-bond donors (Lipinski definition) is 1. The van der Waals surface area contributed by atoms with Crippen LogP contribution in [0.2, 0.25) is 0 Å². The predicted octanol–water partition coefficient (Wildman–Crippen LogP) is 2.36. The Kier molecular flexibility index (Phi) is 3.94. The fourth-order valence-electron chi connectivity index (χ4n) is 2.20. The molecular weight excluding hydrogens is 243 g/mol. The summed E-state index contributed by atoms with van der Waals surface area (Å²) in [6, 6.07) is 1.29. The van der Waals surface area contributed by atoms with E-state index < -0.39 is 5.82 Å². The molecule has 1 saturated carbocycles. The Morgan fingerprint density at radius 2 is 2.35 bits per heavy atom. The van der Waals surface area contributed by atoms with Crippen LogP contribution in [0.25, 0.3) is 0 Å². The summed E-state index contributed by atoms with van der Waals surface area (Å²) in [5.74, 6) is 0.0888. The van der Waals surface area contributed by atoms with Gasteiger partial charge < -0.3 is 5.32 Å². The second kappa shape index (κ2) is 5.45. The average molecular weight is 257 g/mol. The first-order valence-electron chi connectivity index (χ1n) is 5.68. The van der Waals surface area contributed by atoms with Crippen molar-refractivity contribution >= 4 is 17.5 Å². The van der Waals surface area contributed by atoms with Crippen molar-refractivity contribution < 1.29 is 9.18 Å². The highest BCUT2D eigenvalue weighted by atomic mass is 35.5. The summed E-state index contributed by atoms with van der Waals surface area (Å²) in [6.45, 7) is 0. The molecule has 1 heterocycles. The van der Waals surface area contributed by atoms with Crippen LogP contribution in [0, 0.1) is 11.7 Å². The molecule has 0 spiro atoms. The quantitative estimate of drug-likeness (QED) is 0.844. The van der Waals surface area contributed by atoms with Crippen LogP contribution < -0.4 is 5.32 Å². The van der Waals surface area contributed by atoms with E-state index >= 15 is 0 Å². The lowest BCUT2D eigenvalue weighted by Gasteiger charge is -2.18. The molecule has 2 atom stereocenters. The van der Waals surface area contributed by atoms with E-state index in [1.54, 1.807) is 0 Å². The highest BCUT2D eigenvalue weighted by Gasteiger charge is 2.28. The SMILES string of the molecule is O=C(NC1CCCC1CCl)c1cncc(F)c1. The molecule has 5 heteroatoms. The molecular formula is C12H14ClFN2O. The first-order valence-corrected chi connectivity index (χ1v) is 6.21. The summed E-state index contributed by atoms with van der Waals surface area (Å²) in [6.07, 6.45) is 5.49. The minimum Gasteiger partial charge on any atom is -0.349 e. The lowest BCUT2D eigenvalue weighted by molar-refractivity contribution is 0.0929. The summed E-state index contributed by atoms with van der Waals surface area (Å²) in [5.41, 5.74) is 0.255.